The minimum Gasteiger partial charge on any atom is -0.497 e. The van der Waals surface area contributed by atoms with Gasteiger partial charge in [0.2, 0.25) is 0 Å². The van der Waals surface area contributed by atoms with Crippen LogP contribution in [0.15, 0.2) is 24.3 Å². The van der Waals surface area contributed by atoms with Crippen LogP contribution in [0.5, 0.6) is 5.75 Å². The van der Waals surface area contributed by atoms with E-state index < -0.39 is 5.97 Å². The lowest BCUT2D eigenvalue weighted by atomic mass is 10.2. The molecule has 0 radical (unpaired) electrons. The molecule has 1 heterocycles. The van der Waals surface area contributed by atoms with E-state index in [9.17, 15) is 4.79 Å². The first kappa shape index (κ1) is 14.0. The average molecular weight is 275 g/mol. The summed E-state index contributed by atoms with van der Waals surface area (Å²) in [7, 11) is 1.62. The van der Waals surface area contributed by atoms with Crippen molar-refractivity contribution in [1.29, 1.82) is 0 Å². The fourth-order valence-electron chi connectivity index (χ4n) is 1.87. The Hall–Kier alpha value is -2.37. The minimum absolute atomic E-state index is 0.325. The summed E-state index contributed by atoms with van der Waals surface area (Å²) < 4.78 is 11.7. The van der Waals surface area contributed by atoms with Gasteiger partial charge in [-0.2, -0.15) is 0 Å². The second kappa shape index (κ2) is 6.18. The molecule has 0 aliphatic heterocycles. The maximum absolute atomic E-state index is 11.9. The largest absolute Gasteiger partial charge is 0.497 e. The van der Waals surface area contributed by atoms with Gasteiger partial charge in [-0.3, -0.25) is 0 Å². The fourth-order valence-corrected chi connectivity index (χ4v) is 1.87. The lowest BCUT2D eigenvalue weighted by Gasteiger charge is -2.07. The maximum atomic E-state index is 11.9. The first-order valence-corrected chi connectivity index (χ1v) is 6.35. The van der Waals surface area contributed by atoms with Crippen molar-refractivity contribution in [3.8, 4) is 5.75 Å². The molecule has 0 aliphatic rings. The number of esters is 1. The highest BCUT2D eigenvalue weighted by molar-refractivity contribution is 5.88. The van der Waals surface area contributed by atoms with Crippen molar-refractivity contribution in [2.45, 2.75) is 20.4 Å². The van der Waals surface area contributed by atoms with Gasteiger partial charge in [-0.05, 0) is 31.5 Å². The second-order valence-electron chi connectivity index (χ2n) is 4.25. The average Bonchev–Trinajstić information content (AvgIpc) is 2.81. The molecule has 1 aromatic heterocycles. The molecule has 0 unspecified atom stereocenters. The number of benzene rings is 1. The Labute approximate surface area is 117 Å². The number of ether oxygens (including phenoxy) is 2. The number of aromatic nitrogens is 3. The van der Waals surface area contributed by atoms with Gasteiger partial charge in [-0.1, -0.05) is 17.3 Å². The molecule has 0 N–H and O–H groups in total. The lowest BCUT2D eigenvalue weighted by molar-refractivity contribution is 0.0511. The van der Waals surface area contributed by atoms with Gasteiger partial charge in [0.25, 0.3) is 0 Å². The van der Waals surface area contributed by atoms with Gasteiger partial charge in [0.15, 0.2) is 5.69 Å². The van der Waals surface area contributed by atoms with E-state index in [0.29, 0.717) is 24.5 Å². The third-order valence-electron chi connectivity index (χ3n) is 2.86. The van der Waals surface area contributed by atoms with E-state index in [2.05, 4.69) is 10.3 Å². The molecule has 6 nitrogen and oxygen atoms in total. The summed E-state index contributed by atoms with van der Waals surface area (Å²) in [6.45, 7) is 4.29. The Kier molecular flexibility index (Phi) is 4.34. The van der Waals surface area contributed by atoms with Crippen molar-refractivity contribution in [2.24, 2.45) is 0 Å². The predicted octanol–water partition coefficient (Wildman–Crippen LogP) is 1.82. The number of carbonyl (C=O) groups is 1. The molecule has 0 saturated heterocycles. The third-order valence-corrected chi connectivity index (χ3v) is 2.86. The maximum Gasteiger partial charge on any atom is 0.358 e. The molecule has 0 bridgehead atoms. The van der Waals surface area contributed by atoms with Gasteiger partial charge in [0.05, 0.1) is 26.0 Å². The van der Waals surface area contributed by atoms with Crippen LogP contribution in [0.2, 0.25) is 0 Å². The first-order chi connectivity index (χ1) is 9.65. The molecular formula is C14H17N3O3. The van der Waals surface area contributed by atoms with E-state index >= 15 is 0 Å². The molecule has 0 amide bonds. The number of hydrogen-bond acceptors (Lipinski definition) is 5. The van der Waals surface area contributed by atoms with Crippen LogP contribution in [0.25, 0.3) is 0 Å². The highest BCUT2D eigenvalue weighted by Gasteiger charge is 2.18. The Morgan fingerprint density at radius 3 is 2.60 bits per heavy atom. The molecule has 0 saturated carbocycles. The summed E-state index contributed by atoms with van der Waals surface area (Å²) >= 11 is 0. The topological polar surface area (TPSA) is 66.2 Å². The molecule has 6 heteroatoms. The van der Waals surface area contributed by atoms with Crippen LogP contribution in [0, 0.1) is 6.92 Å². The molecule has 1 aromatic carbocycles. The van der Waals surface area contributed by atoms with E-state index in [0.717, 1.165) is 11.3 Å². The van der Waals surface area contributed by atoms with E-state index in [-0.39, 0.29) is 0 Å². The van der Waals surface area contributed by atoms with Crippen molar-refractivity contribution in [2.75, 3.05) is 13.7 Å². The van der Waals surface area contributed by atoms with E-state index in [4.69, 9.17) is 9.47 Å². The molecular weight excluding hydrogens is 258 g/mol. The van der Waals surface area contributed by atoms with Crippen molar-refractivity contribution >= 4 is 5.97 Å². The van der Waals surface area contributed by atoms with E-state index in [1.807, 2.05) is 24.3 Å². The van der Waals surface area contributed by atoms with Gasteiger partial charge >= 0.3 is 5.97 Å². The predicted molar refractivity (Wildman–Crippen MR) is 72.8 cm³/mol. The molecule has 0 atom stereocenters. The van der Waals surface area contributed by atoms with Gasteiger partial charge in [-0.25, -0.2) is 9.48 Å². The zero-order valence-corrected chi connectivity index (χ0v) is 11.8. The molecule has 2 aromatic rings. The smallest absolute Gasteiger partial charge is 0.358 e. The Bertz CT molecular complexity index is 590. The minimum atomic E-state index is -0.400. The zero-order chi connectivity index (χ0) is 14.5. The molecule has 106 valence electrons. The summed E-state index contributed by atoms with van der Waals surface area (Å²) in [4.78, 5) is 11.9. The SMILES string of the molecule is CCOC(=O)c1c(C)nnn1Cc1ccc(OC)cc1. The summed E-state index contributed by atoms with van der Waals surface area (Å²) in [5.74, 6) is 0.387. The van der Waals surface area contributed by atoms with Gasteiger partial charge < -0.3 is 9.47 Å². The van der Waals surface area contributed by atoms with Crippen LogP contribution in [-0.4, -0.2) is 34.7 Å². The number of carbonyl (C=O) groups excluding carboxylic acids is 1. The van der Waals surface area contributed by atoms with E-state index in [1.165, 1.54) is 0 Å². The number of nitrogens with zero attached hydrogens (tertiary/aromatic N) is 3. The quantitative estimate of drug-likeness (QED) is 0.779. The summed E-state index contributed by atoms with van der Waals surface area (Å²) in [6, 6.07) is 7.57. The van der Waals surface area contributed by atoms with Crippen molar-refractivity contribution in [3.63, 3.8) is 0 Å². The van der Waals surface area contributed by atoms with Crippen LogP contribution in [-0.2, 0) is 11.3 Å². The van der Waals surface area contributed by atoms with Crippen LogP contribution >= 0.6 is 0 Å². The summed E-state index contributed by atoms with van der Waals surface area (Å²) in [6.07, 6.45) is 0. The lowest BCUT2D eigenvalue weighted by Crippen LogP contribution is -2.15. The number of aryl methyl sites for hydroxylation is 1. The standard InChI is InChI=1S/C14H17N3O3/c1-4-20-14(18)13-10(2)15-16-17(13)9-11-5-7-12(19-3)8-6-11/h5-8H,4,9H2,1-3H3. The monoisotopic (exact) mass is 275 g/mol. The van der Waals surface area contributed by atoms with Gasteiger partial charge in [0.1, 0.15) is 5.75 Å². The molecule has 0 aliphatic carbocycles. The molecule has 2 rings (SSSR count). The Balaban J connectivity index is 2.22. The molecule has 20 heavy (non-hydrogen) atoms. The number of rotatable bonds is 5. The zero-order valence-electron chi connectivity index (χ0n) is 11.8. The van der Waals surface area contributed by atoms with Gasteiger partial charge in [-0.15, -0.1) is 5.10 Å². The van der Waals surface area contributed by atoms with Crippen LogP contribution in [0.1, 0.15) is 28.7 Å². The highest BCUT2D eigenvalue weighted by atomic mass is 16.5. The summed E-state index contributed by atoms with van der Waals surface area (Å²) in [5.41, 5.74) is 1.96. The van der Waals surface area contributed by atoms with Gasteiger partial charge in [0, 0.05) is 0 Å². The van der Waals surface area contributed by atoms with Crippen molar-refractivity contribution in [1.82, 2.24) is 15.0 Å². The first-order valence-electron chi connectivity index (χ1n) is 6.35. The highest BCUT2D eigenvalue weighted by Crippen LogP contribution is 2.14. The van der Waals surface area contributed by atoms with Crippen LogP contribution in [0.4, 0.5) is 0 Å². The van der Waals surface area contributed by atoms with Crippen LogP contribution in [0.3, 0.4) is 0 Å². The number of hydrogen-bond donors (Lipinski definition) is 0. The fraction of sp³-hybridized carbons (Fsp3) is 0.357. The normalized spacial score (nSPS) is 10.3. The molecule has 0 fully saturated rings. The van der Waals surface area contributed by atoms with Crippen molar-refractivity contribution < 1.29 is 14.3 Å². The van der Waals surface area contributed by atoms with E-state index in [1.54, 1.807) is 25.6 Å². The molecule has 0 spiro atoms. The second-order valence-corrected chi connectivity index (χ2v) is 4.25. The Morgan fingerprint density at radius 2 is 2.00 bits per heavy atom. The summed E-state index contributed by atoms with van der Waals surface area (Å²) in [5, 5.41) is 7.93. The number of methoxy groups -OCH3 is 1. The Morgan fingerprint density at radius 1 is 1.30 bits per heavy atom. The van der Waals surface area contributed by atoms with Crippen molar-refractivity contribution in [3.05, 3.63) is 41.2 Å². The third kappa shape index (κ3) is 2.96. The van der Waals surface area contributed by atoms with Crippen LogP contribution < -0.4 is 4.74 Å².